The monoisotopic (exact) mass is 261 g/mol. The maximum atomic E-state index is 11.5. The van der Waals surface area contributed by atoms with E-state index in [2.05, 4.69) is 5.10 Å². The summed E-state index contributed by atoms with van der Waals surface area (Å²) in [4.78, 5) is 22.1. The van der Waals surface area contributed by atoms with Crippen LogP contribution in [-0.2, 0) is 0 Å². The molecule has 19 heavy (non-hydrogen) atoms. The lowest BCUT2D eigenvalue weighted by Gasteiger charge is -2.05. The first kappa shape index (κ1) is 12.7. The van der Waals surface area contributed by atoms with E-state index < -0.39 is 10.8 Å². The maximum Gasteiger partial charge on any atom is 0.318 e. The molecular formula is C12H11N3O4. The van der Waals surface area contributed by atoms with Gasteiger partial charge >= 0.3 is 5.69 Å². The van der Waals surface area contributed by atoms with Gasteiger partial charge in [0.2, 0.25) is 5.91 Å². The fourth-order valence-electron chi connectivity index (χ4n) is 1.88. The van der Waals surface area contributed by atoms with E-state index in [1.54, 1.807) is 12.1 Å². The van der Waals surface area contributed by atoms with Crippen molar-refractivity contribution in [3.63, 3.8) is 0 Å². The van der Waals surface area contributed by atoms with Crippen molar-refractivity contribution in [2.24, 2.45) is 0 Å². The van der Waals surface area contributed by atoms with Gasteiger partial charge < -0.3 is 5.11 Å². The number of nitro groups is 1. The van der Waals surface area contributed by atoms with Crippen LogP contribution in [0.4, 0.5) is 5.69 Å². The predicted octanol–water partition coefficient (Wildman–Crippen LogP) is 2.13. The molecule has 1 N–H and O–H groups in total. The SMILES string of the molecule is CC(=O)n1nc(C)c([N+](=O)[O-])c1-c1ccccc1O. The van der Waals surface area contributed by atoms with Crippen LogP contribution in [0.1, 0.15) is 17.4 Å². The Balaban J connectivity index is 2.84. The van der Waals surface area contributed by atoms with Gasteiger partial charge in [-0.15, -0.1) is 0 Å². The third-order valence-corrected chi connectivity index (χ3v) is 2.67. The highest BCUT2D eigenvalue weighted by Gasteiger charge is 2.29. The van der Waals surface area contributed by atoms with Gasteiger partial charge in [-0.2, -0.15) is 9.78 Å². The zero-order valence-electron chi connectivity index (χ0n) is 10.3. The highest BCUT2D eigenvalue weighted by Crippen LogP contribution is 2.37. The largest absolute Gasteiger partial charge is 0.507 e. The van der Waals surface area contributed by atoms with Crippen molar-refractivity contribution in [2.45, 2.75) is 13.8 Å². The van der Waals surface area contributed by atoms with Crippen LogP contribution in [0.5, 0.6) is 5.75 Å². The minimum Gasteiger partial charge on any atom is -0.507 e. The Morgan fingerprint density at radius 2 is 2.05 bits per heavy atom. The summed E-state index contributed by atoms with van der Waals surface area (Å²) in [6.45, 7) is 2.70. The summed E-state index contributed by atoms with van der Waals surface area (Å²) in [5.41, 5.74) is 0.0354. The van der Waals surface area contributed by atoms with Crippen molar-refractivity contribution >= 4 is 11.6 Å². The Morgan fingerprint density at radius 1 is 1.42 bits per heavy atom. The molecule has 0 radical (unpaired) electrons. The Labute approximate surface area is 108 Å². The molecule has 0 fully saturated rings. The van der Waals surface area contributed by atoms with E-state index in [1.165, 1.54) is 26.0 Å². The van der Waals surface area contributed by atoms with Crippen LogP contribution in [0.15, 0.2) is 24.3 Å². The van der Waals surface area contributed by atoms with Gasteiger partial charge in [0.05, 0.1) is 4.92 Å². The predicted molar refractivity (Wildman–Crippen MR) is 67.0 cm³/mol. The van der Waals surface area contributed by atoms with Crippen molar-refractivity contribution < 1.29 is 14.8 Å². The summed E-state index contributed by atoms with van der Waals surface area (Å²) in [5, 5.41) is 24.8. The second-order valence-electron chi connectivity index (χ2n) is 3.99. The minimum absolute atomic E-state index is 0.00639. The number of aryl methyl sites for hydroxylation is 1. The summed E-state index contributed by atoms with van der Waals surface area (Å²) in [5.74, 6) is -0.609. The number of hydrogen-bond acceptors (Lipinski definition) is 5. The quantitative estimate of drug-likeness (QED) is 0.659. The molecule has 0 saturated heterocycles. The maximum absolute atomic E-state index is 11.5. The third-order valence-electron chi connectivity index (χ3n) is 2.67. The van der Waals surface area contributed by atoms with Crippen molar-refractivity contribution in [1.29, 1.82) is 0 Å². The average Bonchev–Trinajstić information content (AvgIpc) is 2.67. The first-order valence-electron chi connectivity index (χ1n) is 5.46. The van der Waals surface area contributed by atoms with E-state index in [0.717, 1.165) is 4.68 Å². The lowest BCUT2D eigenvalue weighted by Crippen LogP contribution is -2.09. The molecule has 0 amide bonds. The van der Waals surface area contributed by atoms with Crippen molar-refractivity contribution in [3.8, 4) is 17.0 Å². The average molecular weight is 261 g/mol. The number of carbonyl (C=O) groups is 1. The molecule has 2 aromatic rings. The van der Waals surface area contributed by atoms with Gasteiger partial charge in [-0.05, 0) is 19.1 Å². The smallest absolute Gasteiger partial charge is 0.318 e. The molecule has 7 nitrogen and oxygen atoms in total. The zero-order valence-corrected chi connectivity index (χ0v) is 10.3. The summed E-state index contributed by atoms with van der Waals surface area (Å²) in [7, 11) is 0. The van der Waals surface area contributed by atoms with Gasteiger partial charge in [0.1, 0.15) is 11.4 Å². The van der Waals surface area contributed by atoms with E-state index in [0.29, 0.717) is 0 Å². The van der Waals surface area contributed by atoms with Gasteiger partial charge in [0.25, 0.3) is 0 Å². The molecule has 0 aliphatic carbocycles. The van der Waals surface area contributed by atoms with Crippen molar-refractivity contribution in [1.82, 2.24) is 9.78 Å². The number of hydrogen-bond donors (Lipinski definition) is 1. The summed E-state index contributed by atoms with van der Waals surface area (Å²) < 4.78 is 0.933. The Morgan fingerprint density at radius 3 is 2.58 bits per heavy atom. The highest BCUT2D eigenvalue weighted by molar-refractivity contribution is 5.87. The van der Waals surface area contributed by atoms with E-state index in [9.17, 15) is 20.0 Å². The summed E-state index contributed by atoms with van der Waals surface area (Å²) in [6, 6.07) is 6.10. The molecule has 0 saturated carbocycles. The van der Waals surface area contributed by atoms with E-state index in [-0.39, 0.29) is 28.4 Å². The number of phenols is 1. The molecule has 1 aromatic carbocycles. The molecule has 0 spiro atoms. The molecular weight excluding hydrogens is 250 g/mol. The van der Waals surface area contributed by atoms with Crippen LogP contribution < -0.4 is 0 Å². The fourth-order valence-corrected chi connectivity index (χ4v) is 1.88. The number of aromatic nitrogens is 2. The van der Waals surface area contributed by atoms with Gasteiger partial charge in [-0.25, -0.2) is 0 Å². The lowest BCUT2D eigenvalue weighted by molar-refractivity contribution is -0.384. The van der Waals surface area contributed by atoms with Crippen LogP contribution in [0.25, 0.3) is 11.3 Å². The second kappa shape index (κ2) is 4.52. The molecule has 0 aliphatic rings. The second-order valence-corrected chi connectivity index (χ2v) is 3.99. The fraction of sp³-hybridized carbons (Fsp3) is 0.167. The number of nitrogens with zero attached hydrogens (tertiary/aromatic N) is 3. The molecule has 98 valence electrons. The van der Waals surface area contributed by atoms with Crippen LogP contribution in [0.3, 0.4) is 0 Å². The van der Waals surface area contributed by atoms with Crippen molar-refractivity contribution in [2.75, 3.05) is 0 Å². The van der Waals surface area contributed by atoms with Gasteiger partial charge in [-0.1, -0.05) is 12.1 Å². The van der Waals surface area contributed by atoms with Gasteiger partial charge in [0, 0.05) is 12.5 Å². The van der Waals surface area contributed by atoms with Crippen molar-refractivity contribution in [3.05, 3.63) is 40.1 Å². The number of phenolic OH excluding ortho intramolecular Hbond substituents is 1. The minimum atomic E-state index is -0.608. The third kappa shape index (κ3) is 2.05. The zero-order chi connectivity index (χ0) is 14.2. The Hall–Kier alpha value is -2.70. The standard InChI is InChI=1S/C12H11N3O4/c1-7-11(15(18)19)12(14(13-7)8(2)16)9-5-3-4-6-10(9)17/h3-6,17H,1-2H3. The molecule has 2 rings (SSSR count). The van der Waals surface area contributed by atoms with Gasteiger partial charge in [-0.3, -0.25) is 14.9 Å². The molecule has 1 aromatic heterocycles. The van der Waals surface area contributed by atoms with Crippen LogP contribution in [-0.4, -0.2) is 25.7 Å². The number of aromatic hydroxyl groups is 1. The number of rotatable bonds is 2. The topological polar surface area (TPSA) is 98.3 Å². The van der Waals surface area contributed by atoms with Crippen LogP contribution >= 0.6 is 0 Å². The number of benzene rings is 1. The van der Waals surface area contributed by atoms with Crippen LogP contribution in [0.2, 0.25) is 0 Å². The Bertz CT molecular complexity index is 676. The summed E-state index contributed by atoms with van der Waals surface area (Å²) >= 11 is 0. The van der Waals surface area contributed by atoms with E-state index >= 15 is 0 Å². The Kier molecular flexibility index (Phi) is 3.04. The number of carbonyl (C=O) groups excluding carboxylic acids is 1. The highest BCUT2D eigenvalue weighted by atomic mass is 16.6. The van der Waals surface area contributed by atoms with E-state index in [4.69, 9.17) is 0 Å². The molecule has 0 bridgehead atoms. The summed E-state index contributed by atoms with van der Waals surface area (Å²) in [6.07, 6.45) is 0. The van der Waals surface area contributed by atoms with Gasteiger partial charge in [0.15, 0.2) is 5.69 Å². The van der Waals surface area contributed by atoms with Crippen LogP contribution in [0, 0.1) is 17.0 Å². The first-order valence-corrected chi connectivity index (χ1v) is 5.46. The molecule has 0 unspecified atom stereocenters. The molecule has 0 atom stereocenters. The molecule has 0 aliphatic heterocycles. The molecule has 1 heterocycles. The first-order chi connectivity index (χ1) is 8.93. The number of para-hydroxylation sites is 1. The van der Waals surface area contributed by atoms with E-state index in [1.807, 2.05) is 0 Å². The molecule has 7 heteroatoms. The normalized spacial score (nSPS) is 10.4. The lowest BCUT2D eigenvalue weighted by atomic mass is 10.1.